The van der Waals surface area contributed by atoms with Crippen LogP contribution < -0.4 is 9.47 Å². The van der Waals surface area contributed by atoms with E-state index in [-0.39, 0.29) is 0 Å². The summed E-state index contributed by atoms with van der Waals surface area (Å²) in [4.78, 5) is 4.43. The van der Waals surface area contributed by atoms with Crippen LogP contribution in [0.15, 0.2) is 85.1 Å². The van der Waals surface area contributed by atoms with Crippen molar-refractivity contribution in [2.24, 2.45) is 0 Å². The van der Waals surface area contributed by atoms with E-state index in [4.69, 9.17) is 9.47 Å². The van der Waals surface area contributed by atoms with Gasteiger partial charge < -0.3 is 14.6 Å². The maximum atomic E-state index is 10.8. The molecule has 28 heavy (non-hydrogen) atoms. The lowest BCUT2D eigenvalue weighted by molar-refractivity contribution is 0.219. The predicted molar refractivity (Wildman–Crippen MR) is 110 cm³/mol. The Kier molecular flexibility index (Phi) is 5.22. The van der Waals surface area contributed by atoms with Gasteiger partial charge in [-0.1, -0.05) is 54.6 Å². The van der Waals surface area contributed by atoms with E-state index >= 15 is 0 Å². The zero-order chi connectivity index (χ0) is 19.3. The van der Waals surface area contributed by atoms with Crippen molar-refractivity contribution in [2.75, 3.05) is 7.11 Å². The first-order chi connectivity index (χ1) is 13.7. The number of ether oxygens (including phenoxy) is 2. The summed E-state index contributed by atoms with van der Waals surface area (Å²) in [6.07, 6.45) is 0.911. The van der Waals surface area contributed by atoms with Crippen LogP contribution >= 0.6 is 0 Å². The first-order valence-electron chi connectivity index (χ1n) is 9.12. The van der Waals surface area contributed by atoms with Crippen molar-refractivity contribution in [2.45, 2.75) is 12.7 Å². The Labute approximate surface area is 164 Å². The maximum Gasteiger partial charge on any atom is 0.161 e. The quantitative estimate of drug-likeness (QED) is 0.523. The Morgan fingerprint density at radius 3 is 2.46 bits per heavy atom. The smallest absolute Gasteiger partial charge is 0.161 e. The second-order valence-electron chi connectivity index (χ2n) is 6.55. The van der Waals surface area contributed by atoms with Gasteiger partial charge in [-0.3, -0.25) is 4.98 Å². The normalized spacial score (nSPS) is 11.9. The fraction of sp³-hybridized carbons (Fsp3) is 0.125. The monoisotopic (exact) mass is 371 g/mol. The van der Waals surface area contributed by atoms with E-state index in [1.165, 1.54) is 0 Å². The zero-order valence-electron chi connectivity index (χ0n) is 15.6. The lowest BCUT2D eigenvalue weighted by atomic mass is 10.0. The molecule has 1 unspecified atom stereocenters. The number of aliphatic hydroxyl groups is 1. The molecule has 4 nitrogen and oxygen atoms in total. The van der Waals surface area contributed by atoms with Gasteiger partial charge >= 0.3 is 0 Å². The highest BCUT2D eigenvalue weighted by Gasteiger charge is 2.15. The predicted octanol–water partition coefficient (Wildman–Crippen LogP) is 4.90. The van der Waals surface area contributed by atoms with E-state index in [0.717, 1.165) is 27.6 Å². The molecular formula is C24H21NO3. The number of aliphatic hydroxyl groups excluding tert-OH is 1. The average molecular weight is 371 g/mol. The minimum atomic E-state index is -0.797. The van der Waals surface area contributed by atoms with Gasteiger partial charge in [0.15, 0.2) is 11.5 Å². The summed E-state index contributed by atoms with van der Waals surface area (Å²) in [5.41, 5.74) is 3.44. The van der Waals surface area contributed by atoms with Crippen LogP contribution in [0, 0.1) is 0 Å². The molecule has 0 saturated carbocycles. The molecule has 0 amide bonds. The average Bonchev–Trinajstić information content (AvgIpc) is 2.77. The number of rotatable bonds is 6. The first kappa shape index (κ1) is 18.0. The van der Waals surface area contributed by atoms with Crippen molar-refractivity contribution in [3.05, 3.63) is 102 Å². The molecule has 0 saturated heterocycles. The minimum absolute atomic E-state index is 0.452. The summed E-state index contributed by atoms with van der Waals surface area (Å²) in [6.45, 7) is 0.452. The third-order valence-electron chi connectivity index (χ3n) is 4.67. The highest BCUT2D eigenvalue weighted by molar-refractivity contribution is 5.78. The van der Waals surface area contributed by atoms with E-state index in [2.05, 4.69) is 4.98 Å². The number of para-hydroxylation sites is 1. The molecular weight excluding hydrogens is 350 g/mol. The van der Waals surface area contributed by atoms with Crippen LogP contribution in [0.4, 0.5) is 0 Å². The molecule has 4 rings (SSSR count). The van der Waals surface area contributed by atoms with Crippen LogP contribution in [0.25, 0.3) is 10.9 Å². The molecule has 0 fully saturated rings. The molecule has 3 aromatic carbocycles. The van der Waals surface area contributed by atoms with Crippen LogP contribution in [0.1, 0.15) is 22.8 Å². The third-order valence-corrected chi connectivity index (χ3v) is 4.67. The fourth-order valence-electron chi connectivity index (χ4n) is 3.14. The number of benzene rings is 3. The number of nitrogens with zero attached hydrogens (tertiary/aromatic N) is 1. The summed E-state index contributed by atoms with van der Waals surface area (Å²) in [6, 6.07) is 25.2. The Morgan fingerprint density at radius 1 is 0.857 bits per heavy atom. The molecule has 0 radical (unpaired) electrons. The molecule has 4 heteroatoms. The van der Waals surface area contributed by atoms with Crippen LogP contribution in [-0.2, 0) is 6.61 Å². The molecule has 0 bridgehead atoms. The molecule has 4 aromatic rings. The van der Waals surface area contributed by atoms with Crippen molar-refractivity contribution in [1.82, 2.24) is 4.98 Å². The van der Waals surface area contributed by atoms with E-state index in [9.17, 15) is 5.11 Å². The van der Waals surface area contributed by atoms with E-state index < -0.39 is 6.10 Å². The van der Waals surface area contributed by atoms with Crippen molar-refractivity contribution in [1.29, 1.82) is 0 Å². The molecule has 0 aliphatic carbocycles. The maximum absolute atomic E-state index is 10.8. The zero-order valence-corrected chi connectivity index (χ0v) is 15.6. The van der Waals surface area contributed by atoms with Crippen molar-refractivity contribution in [3.63, 3.8) is 0 Å². The second-order valence-corrected chi connectivity index (χ2v) is 6.55. The van der Waals surface area contributed by atoms with Crippen LogP contribution in [0.5, 0.6) is 11.5 Å². The SMILES string of the molecule is COc1cc(C(O)c2cnc3ccccc3c2)ccc1OCc1ccccc1. The third kappa shape index (κ3) is 3.82. The largest absolute Gasteiger partial charge is 0.493 e. The molecule has 1 N–H and O–H groups in total. The standard InChI is InChI=1S/C24H21NO3/c1-27-23-14-19(11-12-22(23)28-16-17-7-3-2-4-8-17)24(26)20-13-18-9-5-6-10-21(18)25-15-20/h2-15,24,26H,16H2,1H3. The summed E-state index contributed by atoms with van der Waals surface area (Å²) in [5.74, 6) is 1.22. The molecule has 1 heterocycles. The highest BCUT2D eigenvalue weighted by atomic mass is 16.5. The molecule has 140 valence electrons. The van der Waals surface area contributed by atoms with Crippen LogP contribution in [0.2, 0.25) is 0 Å². The lowest BCUT2D eigenvalue weighted by Gasteiger charge is -2.16. The summed E-state index contributed by atoms with van der Waals surface area (Å²) < 4.78 is 11.4. The van der Waals surface area contributed by atoms with Crippen molar-refractivity contribution < 1.29 is 14.6 Å². The number of hydrogen-bond donors (Lipinski definition) is 1. The highest BCUT2D eigenvalue weighted by Crippen LogP contribution is 2.33. The summed E-state index contributed by atoms with van der Waals surface area (Å²) >= 11 is 0. The van der Waals surface area contributed by atoms with Crippen LogP contribution in [-0.4, -0.2) is 17.2 Å². The van der Waals surface area contributed by atoms with Gasteiger partial charge in [0, 0.05) is 17.1 Å². The number of aromatic nitrogens is 1. The Morgan fingerprint density at radius 2 is 1.64 bits per heavy atom. The molecule has 0 aliphatic heterocycles. The van der Waals surface area contributed by atoms with Gasteiger partial charge in [0.25, 0.3) is 0 Å². The van der Waals surface area contributed by atoms with Gasteiger partial charge in [0.05, 0.1) is 12.6 Å². The van der Waals surface area contributed by atoms with E-state index in [1.807, 2.05) is 72.8 Å². The summed E-state index contributed by atoms with van der Waals surface area (Å²) in [7, 11) is 1.60. The number of fused-ring (bicyclic) bond motifs is 1. The van der Waals surface area contributed by atoms with E-state index in [1.54, 1.807) is 19.4 Å². The lowest BCUT2D eigenvalue weighted by Crippen LogP contribution is -2.03. The Balaban J connectivity index is 1.57. The van der Waals surface area contributed by atoms with Gasteiger partial charge in [-0.15, -0.1) is 0 Å². The second kappa shape index (κ2) is 8.11. The molecule has 1 atom stereocenters. The summed E-state index contributed by atoms with van der Waals surface area (Å²) in [5, 5.41) is 11.8. The minimum Gasteiger partial charge on any atom is -0.493 e. The number of pyridine rings is 1. The van der Waals surface area contributed by atoms with Gasteiger partial charge in [-0.05, 0) is 35.4 Å². The van der Waals surface area contributed by atoms with Crippen LogP contribution in [0.3, 0.4) is 0 Å². The van der Waals surface area contributed by atoms with Crippen molar-refractivity contribution >= 4 is 10.9 Å². The van der Waals surface area contributed by atoms with E-state index in [0.29, 0.717) is 18.1 Å². The number of hydrogen-bond acceptors (Lipinski definition) is 4. The number of methoxy groups -OCH3 is 1. The molecule has 0 aliphatic rings. The van der Waals surface area contributed by atoms with Gasteiger partial charge in [-0.25, -0.2) is 0 Å². The Hall–Kier alpha value is -3.37. The molecule has 1 aromatic heterocycles. The molecule has 0 spiro atoms. The topological polar surface area (TPSA) is 51.6 Å². The van der Waals surface area contributed by atoms with Crippen molar-refractivity contribution in [3.8, 4) is 11.5 Å². The van der Waals surface area contributed by atoms with Gasteiger partial charge in [-0.2, -0.15) is 0 Å². The van der Waals surface area contributed by atoms with Gasteiger partial charge in [0.2, 0.25) is 0 Å². The fourth-order valence-corrected chi connectivity index (χ4v) is 3.14. The first-order valence-corrected chi connectivity index (χ1v) is 9.12. The van der Waals surface area contributed by atoms with Gasteiger partial charge in [0.1, 0.15) is 12.7 Å². The Bertz CT molecular complexity index is 1080.